The number of nitrogens with two attached hydrogens (primary N) is 1. The second-order valence-electron chi connectivity index (χ2n) is 3.14. The Kier molecular flexibility index (Phi) is 3.19. The van der Waals surface area contributed by atoms with Crippen LogP contribution in [-0.4, -0.2) is 9.97 Å². The lowest BCUT2D eigenvalue weighted by Gasteiger charge is -2.07. The van der Waals surface area contributed by atoms with Gasteiger partial charge in [0.1, 0.15) is 5.82 Å². The number of hydrogen-bond donors (Lipinski definition) is 2. The molecule has 0 bridgehead atoms. The molecule has 0 aliphatic carbocycles. The van der Waals surface area contributed by atoms with Crippen molar-refractivity contribution < 1.29 is 0 Å². The molecule has 0 aliphatic rings. The topological polar surface area (TPSA) is 71.8 Å². The van der Waals surface area contributed by atoms with Crippen molar-refractivity contribution in [1.29, 1.82) is 0 Å². The van der Waals surface area contributed by atoms with Crippen molar-refractivity contribution >= 4 is 0 Å². The number of rotatable bonds is 3. The monoisotopic (exact) mass is 181 g/mol. The first-order valence-corrected chi connectivity index (χ1v) is 4.47. The van der Waals surface area contributed by atoms with Gasteiger partial charge in [-0.1, -0.05) is 13.8 Å². The van der Waals surface area contributed by atoms with Crippen molar-refractivity contribution in [3.8, 4) is 0 Å². The molecule has 4 nitrogen and oxygen atoms in total. The second kappa shape index (κ2) is 4.18. The predicted molar refractivity (Wildman–Crippen MR) is 51.5 cm³/mol. The van der Waals surface area contributed by atoms with Gasteiger partial charge in [-0.15, -0.1) is 0 Å². The number of H-pyrrole nitrogens is 1. The summed E-state index contributed by atoms with van der Waals surface area (Å²) in [5.74, 6) is 1.01. The molecule has 0 spiro atoms. The molecule has 4 heteroatoms. The van der Waals surface area contributed by atoms with Gasteiger partial charge in [-0.05, 0) is 6.42 Å². The molecular weight excluding hydrogens is 166 g/mol. The van der Waals surface area contributed by atoms with E-state index < -0.39 is 0 Å². The second-order valence-corrected chi connectivity index (χ2v) is 3.14. The third-order valence-corrected chi connectivity index (χ3v) is 2.10. The average molecular weight is 181 g/mol. The zero-order chi connectivity index (χ0) is 9.84. The lowest BCUT2D eigenvalue weighted by atomic mass is 10.1. The highest BCUT2D eigenvalue weighted by Gasteiger charge is 2.06. The van der Waals surface area contributed by atoms with Crippen LogP contribution in [0.25, 0.3) is 0 Å². The van der Waals surface area contributed by atoms with E-state index in [1.807, 2.05) is 6.92 Å². The number of hydrogen-bond acceptors (Lipinski definition) is 3. The van der Waals surface area contributed by atoms with Gasteiger partial charge in [0.2, 0.25) is 0 Å². The van der Waals surface area contributed by atoms with E-state index in [2.05, 4.69) is 16.9 Å². The van der Waals surface area contributed by atoms with Gasteiger partial charge in [0, 0.05) is 18.5 Å². The number of aromatic amines is 1. The molecule has 0 amide bonds. The Morgan fingerprint density at radius 1 is 1.69 bits per heavy atom. The van der Waals surface area contributed by atoms with Gasteiger partial charge < -0.3 is 10.7 Å². The molecule has 1 rings (SSSR count). The van der Waals surface area contributed by atoms with Crippen LogP contribution in [-0.2, 0) is 6.54 Å². The van der Waals surface area contributed by atoms with Gasteiger partial charge in [-0.2, -0.15) is 0 Å². The van der Waals surface area contributed by atoms with Gasteiger partial charge in [-0.25, -0.2) is 4.98 Å². The van der Waals surface area contributed by atoms with Crippen LogP contribution in [0.15, 0.2) is 10.9 Å². The smallest absolute Gasteiger partial charge is 0.251 e. The molecule has 0 radical (unpaired) electrons. The Bertz CT molecular complexity index is 332. The lowest BCUT2D eigenvalue weighted by molar-refractivity contribution is 0.666. The summed E-state index contributed by atoms with van der Waals surface area (Å²) in [5, 5.41) is 0. The van der Waals surface area contributed by atoms with Crippen molar-refractivity contribution in [2.75, 3.05) is 0 Å². The molecule has 1 aromatic heterocycles. The summed E-state index contributed by atoms with van der Waals surface area (Å²) in [5.41, 5.74) is 5.95. The average Bonchev–Trinajstić information content (AvgIpc) is 2.15. The normalized spacial score (nSPS) is 12.8. The van der Waals surface area contributed by atoms with Crippen molar-refractivity contribution in [2.24, 2.45) is 5.73 Å². The highest BCUT2D eigenvalue weighted by Crippen LogP contribution is 2.12. The molecule has 0 saturated heterocycles. The number of nitrogens with one attached hydrogen (secondary N) is 1. The first-order valence-electron chi connectivity index (χ1n) is 4.47. The summed E-state index contributed by atoms with van der Waals surface area (Å²) in [6.45, 7) is 4.39. The maximum absolute atomic E-state index is 11.1. The van der Waals surface area contributed by atoms with E-state index in [0.29, 0.717) is 12.2 Å². The van der Waals surface area contributed by atoms with E-state index in [1.54, 1.807) is 0 Å². The molecule has 1 heterocycles. The van der Waals surface area contributed by atoms with Gasteiger partial charge >= 0.3 is 0 Å². The fourth-order valence-electron chi connectivity index (χ4n) is 1.06. The zero-order valence-corrected chi connectivity index (χ0v) is 8.00. The molecule has 0 saturated carbocycles. The molecule has 0 aliphatic heterocycles. The van der Waals surface area contributed by atoms with Crippen LogP contribution in [0.2, 0.25) is 0 Å². The van der Waals surface area contributed by atoms with Gasteiger partial charge in [0.25, 0.3) is 5.56 Å². The molecule has 0 aromatic carbocycles. The van der Waals surface area contributed by atoms with Crippen LogP contribution in [0.4, 0.5) is 0 Å². The Morgan fingerprint density at radius 2 is 2.38 bits per heavy atom. The molecule has 1 aromatic rings. The van der Waals surface area contributed by atoms with Crippen LogP contribution in [0, 0.1) is 0 Å². The van der Waals surface area contributed by atoms with E-state index in [1.165, 1.54) is 6.07 Å². The van der Waals surface area contributed by atoms with E-state index in [4.69, 9.17) is 5.73 Å². The Labute approximate surface area is 77.2 Å². The Balaban J connectivity index is 3.08. The highest BCUT2D eigenvalue weighted by atomic mass is 16.1. The van der Waals surface area contributed by atoms with E-state index in [9.17, 15) is 4.79 Å². The van der Waals surface area contributed by atoms with E-state index in [-0.39, 0.29) is 11.5 Å². The highest BCUT2D eigenvalue weighted by molar-refractivity contribution is 5.04. The third-order valence-electron chi connectivity index (χ3n) is 2.10. The molecule has 1 unspecified atom stereocenters. The summed E-state index contributed by atoms with van der Waals surface area (Å²) in [6, 6.07) is 1.44. The van der Waals surface area contributed by atoms with Gasteiger partial charge in [0.05, 0.1) is 5.69 Å². The molecule has 1 atom stereocenters. The van der Waals surface area contributed by atoms with E-state index >= 15 is 0 Å². The Hall–Kier alpha value is -1.16. The van der Waals surface area contributed by atoms with Crippen molar-refractivity contribution in [3.63, 3.8) is 0 Å². The Morgan fingerprint density at radius 3 is 2.92 bits per heavy atom. The minimum absolute atomic E-state index is 0.120. The van der Waals surface area contributed by atoms with Crippen molar-refractivity contribution in [3.05, 3.63) is 27.9 Å². The van der Waals surface area contributed by atoms with Gasteiger partial charge in [0.15, 0.2) is 0 Å². The van der Waals surface area contributed by atoms with Crippen molar-refractivity contribution in [2.45, 2.75) is 32.7 Å². The zero-order valence-electron chi connectivity index (χ0n) is 8.00. The number of aromatic nitrogens is 2. The summed E-state index contributed by atoms with van der Waals surface area (Å²) >= 11 is 0. The first kappa shape index (κ1) is 9.92. The summed E-state index contributed by atoms with van der Waals surface area (Å²) < 4.78 is 0. The van der Waals surface area contributed by atoms with Crippen LogP contribution >= 0.6 is 0 Å². The molecular formula is C9H15N3O. The summed E-state index contributed by atoms with van der Waals surface area (Å²) in [7, 11) is 0. The minimum atomic E-state index is -0.120. The van der Waals surface area contributed by atoms with Crippen LogP contribution in [0.3, 0.4) is 0 Å². The third kappa shape index (κ3) is 2.39. The first-order chi connectivity index (χ1) is 6.17. The van der Waals surface area contributed by atoms with Crippen molar-refractivity contribution in [1.82, 2.24) is 9.97 Å². The van der Waals surface area contributed by atoms with E-state index in [0.717, 1.165) is 12.2 Å². The van der Waals surface area contributed by atoms with Crippen LogP contribution in [0.1, 0.15) is 37.7 Å². The standard InChI is InChI=1S/C9H15N3O/c1-3-6(2)9-11-7(5-10)4-8(13)12-9/h4,6H,3,5,10H2,1-2H3,(H,11,12,13). The van der Waals surface area contributed by atoms with Gasteiger partial charge in [-0.3, -0.25) is 4.79 Å². The summed E-state index contributed by atoms with van der Waals surface area (Å²) in [4.78, 5) is 18.1. The fourth-order valence-corrected chi connectivity index (χ4v) is 1.06. The van der Waals surface area contributed by atoms with Crippen LogP contribution < -0.4 is 11.3 Å². The molecule has 72 valence electrons. The molecule has 13 heavy (non-hydrogen) atoms. The van der Waals surface area contributed by atoms with Crippen LogP contribution in [0.5, 0.6) is 0 Å². The quantitative estimate of drug-likeness (QED) is 0.722. The number of nitrogens with zero attached hydrogens (tertiary/aromatic N) is 1. The minimum Gasteiger partial charge on any atom is -0.325 e. The molecule has 0 fully saturated rings. The largest absolute Gasteiger partial charge is 0.325 e. The lowest BCUT2D eigenvalue weighted by Crippen LogP contribution is -2.16. The predicted octanol–water partition coefficient (Wildman–Crippen LogP) is 0.742. The SMILES string of the molecule is CCC(C)c1nc(CN)cc(=O)[nH]1. The maximum atomic E-state index is 11.1. The summed E-state index contributed by atoms with van der Waals surface area (Å²) in [6.07, 6.45) is 0.955. The molecule has 3 N–H and O–H groups in total. The fraction of sp³-hybridized carbons (Fsp3) is 0.556. The maximum Gasteiger partial charge on any atom is 0.251 e.